The second kappa shape index (κ2) is 5.94. The molecule has 1 aliphatic heterocycles. The first-order valence-corrected chi connectivity index (χ1v) is 8.03. The monoisotopic (exact) mass is 289 g/mol. The van der Waals surface area contributed by atoms with Gasteiger partial charge in [0.05, 0.1) is 0 Å². The molecule has 1 N–H and O–H groups in total. The van der Waals surface area contributed by atoms with Gasteiger partial charge in [-0.15, -0.1) is 11.3 Å². The van der Waals surface area contributed by atoms with Crippen LogP contribution in [0.25, 0.3) is 10.1 Å². The Morgan fingerprint density at radius 3 is 2.55 bits per heavy atom. The number of fused-ring (bicyclic) bond motifs is 1. The fraction of sp³-hybridized carbons (Fsp3) is 0.438. The first-order valence-electron chi connectivity index (χ1n) is 7.22. The third-order valence-electron chi connectivity index (χ3n) is 3.97. The molecule has 3 rings (SSSR count). The highest BCUT2D eigenvalue weighted by Gasteiger charge is 2.20. The summed E-state index contributed by atoms with van der Waals surface area (Å²) in [5.74, 6) is -0.795. The van der Waals surface area contributed by atoms with Gasteiger partial charge in [0.2, 0.25) is 0 Å². The maximum Gasteiger partial charge on any atom is 0.346 e. The number of hydrogen-bond acceptors (Lipinski definition) is 3. The fourth-order valence-electron chi connectivity index (χ4n) is 2.95. The van der Waals surface area contributed by atoms with E-state index in [0.717, 1.165) is 35.3 Å². The van der Waals surface area contributed by atoms with Crippen LogP contribution >= 0.6 is 11.3 Å². The molecule has 1 fully saturated rings. The normalized spacial score (nSPS) is 17.2. The summed E-state index contributed by atoms with van der Waals surface area (Å²) in [6.07, 6.45) is 5.05. The van der Waals surface area contributed by atoms with E-state index >= 15 is 0 Å². The number of aromatic carboxylic acids is 1. The Bertz CT molecular complexity index is 612. The van der Waals surface area contributed by atoms with Crippen LogP contribution in [0.5, 0.6) is 0 Å². The van der Waals surface area contributed by atoms with Gasteiger partial charge in [0.15, 0.2) is 0 Å². The molecule has 0 bridgehead atoms. The van der Waals surface area contributed by atoms with E-state index in [2.05, 4.69) is 4.90 Å². The fourth-order valence-corrected chi connectivity index (χ4v) is 4.00. The maximum atomic E-state index is 11.5. The largest absolute Gasteiger partial charge is 0.477 e. The van der Waals surface area contributed by atoms with E-state index in [0.29, 0.717) is 4.88 Å². The number of thiophene rings is 1. The zero-order valence-electron chi connectivity index (χ0n) is 11.5. The van der Waals surface area contributed by atoms with Crippen LogP contribution in [-0.4, -0.2) is 29.1 Å². The molecule has 0 radical (unpaired) electrons. The molecule has 20 heavy (non-hydrogen) atoms. The molecule has 2 aromatic rings. The van der Waals surface area contributed by atoms with Gasteiger partial charge in [0.1, 0.15) is 4.88 Å². The molecule has 0 saturated carbocycles. The Kier molecular flexibility index (Phi) is 4.03. The molecular formula is C16H19NO2S. The van der Waals surface area contributed by atoms with Gasteiger partial charge in [0.25, 0.3) is 0 Å². The van der Waals surface area contributed by atoms with Crippen LogP contribution in [0, 0.1) is 0 Å². The van der Waals surface area contributed by atoms with Crippen molar-refractivity contribution in [3.63, 3.8) is 0 Å². The molecular weight excluding hydrogens is 270 g/mol. The highest BCUT2D eigenvalue weighted by molar-refractivity contribution is 7.21. The average molecular weight is 289 g/mol. The molecule has 1 aliphatic rings. The molecule has 0 spiro atoms. The van der Waals surface area contributed by atoms with Crippen molar-refractivity contribution in [2.24, 2.45) is 0 Å². The molecule has 0 aliphatic carbocycles. The Hall–Kier alpha value is -1.39. The summed E-state index contributed by atoms with van der Waals surface area (Å²) in [5.41, 5.74) is 1.00. The standard InChI is InChI=1S/C16H19NO2S/c18-16(19)15-13(11-17-9-5-1-2-6-10-17)12-7-3-4-8-14(12)20-15/h3-4,7-8H,1-2,5-6,9-11H2,(H,18,19). The first-order chi connectivity index (χ1) is 9.75. The van der Waals surface area contributed by atoms with Crippen molar-refractivity contribution in [1.82, 2.24) is 4.90 Å². The number of carboxylic acid groups (broad SMARTS) is 1. The molecule has 2 heterocycles. The summed E-state index contributed by atoms with van der Waals surface area (Å²) in [6.45, 7) is 2.94. The Labute approximate surface area is 122 Å². The van der Waals surface area contributed by atoms with E-state index in [9.17, 15) is 9.90 Å². The van der Waals surface area contributed by atoms with Crippen LogP contribution in [0.2, 0.25) is 0 Å². The van der Waals surface area contributed by atoms with Crippen LogP contribution in [0.1, 0.15) is 40.9 Å². The summed E-state index contributed by atoms with van der Waals surface area (Å²) in [5, 5.41) is 10.6. The number of benzene rings is 1. The molecule has 0 amide bonds. The van der Waals surface area contributed by atoms with Gasteiger partial charge in [-0.2, -0.15) is 0 Å². The Balaban J connectivity index is 1.95. The lowest BCUT2D eigenvalue weighted by Crippen LogP contribution is -2.24. The second-order valence-corrected chi connectivity index (χ2v) is 6.45. The highest BCUT2D eigenvalue weighted by atomic mass is 32.1. The second-order valence-electron chi connectivity index (χ2n) is 5.40. The molecule has 4 heteroatoms. The highest BCUT2D eigenvalue weighted by Crippen LogP contribution is 2.32. The summed E-state index contributed by atoms with van der Waals surface area (Å²) in [4.78, 5) is 14.4. The van der Waals surface area contributed by atoms with Gasteiger partial charge >= 0.3 is 5.97 Å². The molecule has 1 aromatic heterocycles. The predicted molar refractivity (Wildman–Crippen MR) is 82.5 cm³/mol. The SMILES string of the molecule is O=C(O)c1sc2ccccc2c1CN1CCCCCC1. The smallest absolute Gasteiger partial charge is 0.346 e. The van der Waals surface area contributed by atoms with Crippen molar-refractivity contribution < 1.29 is 9.90 Å². The third-order valence-corrected chi connectivity index (χ3v) is 5.17. The number of nitrogens with zero attached hydrogens (tertiary/aromatic N) is 1. The summed E-state index contributed by atoms with van der Waals surface area (Å²) in [6, 6.07) is 8.02. The maximum absolute atomic E-state index is 11.5. The van der Waals surface area contributed by atoms with Crippen LogP contribution in [0.4, 0.5) is 0 Å². The Morgan fingerprint density at radius 2 is 1.85 bits per heavy atom. The summed E-state index contributed by atoms with van der Waals surface area (Å²) >= 11 is 1.40. The number of hydrogen-bond donors (Lipinski definition) is 1. The van der Waals surface area contributed by atoms with Crippen molar-refractivity contribution in [2.45, 2.75) is 32.2 Å². The molecule has 0 unspecified atom stereocenters. The van der Waals surface area contributed by atoms with Crippen LogP contribution < -0.4 is 0 Å². The minimum atomic E-state index is -0.795. The predicted octanol–water partition coefficient (Wildman–Crippen LogP) is 3.98. The van der Waals surface area contributed by atoms with Gasteiger partial charge in [-0.05, 0) is 42.9 Å². The number of carbonyl (C=O) groups is 1. The molecule has 106 valence electrons. The van der Waals surface area contributed by atoms with E-state index in [1.165, 1.54) is 37.0 Å². The quantitative estimate of drug-likeness (QED) is 0.929. The van der Waals surface area contributed by atoms with Crippen molar-refractivity contribution >= 4 is 27.4 Å². The van der Waals surface area contributed by atoms with Crippen LogP contribution in [-0.2, 0) is 6.54 Å². The minimum absolute atomic E-state index is 0.510. The topological polar surface area (TPSA) is 40.5 Å². The van der Waals surface area contributed by atoms with Gasteiger partial charge < -0.3 is 5.11 Å². The van der Waals surface area contributed by atoms with E-state index in [1.807, 2.05) is 24.3 Å². The average Bonchev–Trinajstić information content (AvgIpc) is 2.62. The van der Waals surface area contributed by atoms with Crippen molar-refractivity contribution in [3.05, 3.63) is 34.7 Å². The lowest BCUT2D eigenvalue weighted by atomic mass is 10.1. The van der Waals surface area contributed by atoms with Gasteiger partial charge in [0, 0.05) is 11.2 Å². The molecule has 0 atom stereocenters. The van der Waals surface area contributed by atoms with E-state index in [4.69, 9.17) is 0 Å². The number of rotatable bonds is 3. The Morgan fingerprint density at radius 1 is 1.15 bits per heavy atom. The van der Waals surface area contributed by atoms with Crippen LogP contribution in [0.3, 0.4) is 0 Å². The number of carboxylic acids is 1. The summed E-state index contributed by atoms with van der Waals surface area (Å²) < 4.78 is 1.08. The van der Waals surface area contributed by atoms with Crippen molar-refractivity contribution in [1.29, 1.82) is 0 Å². The lowest BCUT2D eigenvalue weighted by molar-refractivity contribution is 0.0700. The molecule has 3 nitrogen and oxygen atoms in total. The van der Waals surface area contributed by atoms with E-state index in [1.54, 1.807) is 0 Å². The zero-order chi connectivity index (χ0) is 13.9. The van der Waals surface area contributed by atoms with Gasteiger partial charge in [-0.3, -0.25) is 4.90 Å². The number of likely N-dealkylation sites (tertiary alicyclic amines) is 1. The first kappa shape index (κ1) is 13.6. The van der Waals surface area contributed by atoms with E-state index < -0.39 is 5.97 Å². The molecule has 1 aromatic carbocycles. The van der Waals surface area contributed by atoms with E-state index in [-0.39, 0.29) is 0 Å². The minimum Gasteiger partial charge on any atom is -0.477 e. The van der Waals surface area contributed by atoms with Crippen molar-refractivity contribution in [3.8, 4) is 0 Å². The van der Waals surface area contributed by atoms with Gasteiger partial charge in [-0.1, -0.05) is 31.0 Å². The summed E-state index contributed by atoms with van der Waals surface area (Å²) in [7, 11) is 0. The van der Waals surface area contributed by atoms with Crippen molar-refractivity contribution in [2.75, 3.05) is 13.1 Å². The van der Waals surface area contributed by atoms with Crippen LogP contribution in [0.15, 0.2) is 24.3 Å². The lowest BCUT2D eigenvalue weighted by Gasteiger charge is -2.19. The van der Waals surface area contributed by atoms with Gasteiger partial charge in [-0.25, -0.2) is 4.79 Å². The third kappa shape index (κ3) is 2.72. The molecule has 1 saturated heterocycles. The zero-order valence-corrected chi connectivity index (χ0v) is 12.3.